The molecule has 0 radical (unpaired) electrons. The van der Waals surface area contributed by atoms with E-state index in [2.05, 4.69) is 20.9 Å². The number of aliphatic hydroxyl groups is 1. The van der Waals surface area contributed by atoms with E-state index in [9.17, 15) is 23.1 Å². The summed E-state index contributed by atoms with van der Waals surface area (Å²) in [5, 5.41) is 21.5. The van der Waals surface area contributed by atoms with Gasteiger partial charge in [0, 0.05) is 42.8 Å². The molecule has 4 N–H and O–H groups in total. The SMILES string of the molecule is CC(NC(=O)c1cc(C(=O)NC(Cc2ccccc2)C(O)CNCc2cnc3ccccc3c2)cc(N(C)S(C)(=O)=O)c1)c1ccccc1. The van der Waals surface area contributed by atoms with E-state index in [1.807, 2.05) is 97.9 Å². The molecule has 49 heavy (non-hydrogen) atoms. The fourth-order valence-electron chi connectivity index (χ4n) is 5.47. The van der Waals surface area contributed by atoms with Crippen LogP contribution in [0.5, 0.6) is 0 Å². The molecule has 0 fully saturated rings. The largest absolute Gasteiger partial charge is 0.390 e. The number of nitrogens with zero attached hydrogens (tertiary/aromatic N) is 2. The van der Waals surface area contributed by atoms with E-state index < -0.39 is 34.0 Å². The molecule has 0 saturated carbocycles. The molecule has 0 saturated heterocycles. The van der Waals surface area contributed by atoms with E-state index in [0.717, 1.165) is 38.2 Å². The van der Waals surface area contributed by atoms with Crippen LogP contribution in [0.3, 0.4) is 0 Å². The number of fused-ring (bicyclic) bond motifs is 1. The van der Waals surface area contributed by atoms with E-state index in [1.54, 1.807) is 6.20 Å². The smallest absolute Gasteiger partial charge is 0.251 e. The highest BCUT2D eigenvalue weighted by atomic mass is 32.2. The van der Waals surface area contributed by atoms with Gasteiger partial charge in [-0.25, -0.2) is 8.42 Å². The van der Waals surface area contributed by atoms with E-state index >= 15 is 0 Å². The Hall–Kier alpha value is -5.10. The topological polar surface area (TPSA) is 141 Å². The van der Waals surface area contributed by atoms with Gasteiger partial charge in [0.25, 0.3) is 11.8 Å². The molecule has 1 heterocycles. The summed E-state index contributed by atoms with van der Waals surface area (Å²) in [7, 11) is -2.35. The van der Waals surface area contributed by atoms with Crippen LogP contribution in [0, 0.1) is 0 Å². The third-order valence-electron chi connectivity index (χ3n) is 8.36. The number of para-hydroxylation sites is 1. The van der Waals surface area contributed by atoms with Crippen molar-refractivity contribution in [2.45, 2.75) is 38.1 Å². The first-order chi connectivity index (χ1) is 23.5. The highest BCUT2D eigenvalue weighted by molar-refractivity contribution is 7.92. The summed E-state index contributed by atoms with van der Waals surface area (Å²) in [5.41, 5.74) is 3.99. The Morgan fingerprint density at radius 2 is 1.43 bits per heavy atom. The molecular weight excluding hydrogens is 639 g/mol. The van der Waals surface area contributed by atoms with Crippen LogP contribution in [0.25, 0.3) is 10.9 Å². The van der Waals surface area contributed by atoms with Crippen molar-refractivity contribution in [1.29, 1.82) is 0 Å². The molecule has 11 heteroatoms. The maximum atomic E-state index is 13.9. The lowest BCUT2D eigenvalue weighted by Gasteiger charge is -2.25. The van der Waals surface area contributed by atoms with Crippen LogP contribution in [0.15, 0.2) is 115 Å². The van der Waals surface area contributed by atoms with Crippen LogP contribution < -0.4 is 20.3 Å². The number of amides is 2. The van der Waals surface area contributed by atoms with Crippen molar-refractivity contribution in [1.82, 2.24) is 20.9 Å². The normalized spacial score (nSPS) is 13.3. The van der Waals surface area contributed by atoms with Gasteiger partial charge in [0.1, 0.15) is 0 Å². The van der Waals surface area contributed by atoms with E-state index in [1.165, 1.54) is 25.2 Å². The van der Waals surface area contributed by atoms with Crippen LogP contribution in [-0.4, -0.2) is 62.3 Å². The number of sulfonamides is 1. The fraction of sp³-hybridized carbons (Fsp3) is 0.237. The first-order valence-corrected chi connectivity index (χ1v) is 17.8. The second-order valence-corrected chi connectivity index (χ2v) is 14.1. The summed E-state index contributed by atoms with van der Waals surface area (Å²) in [6, 6.07) is 32.0. The molecule has 0 aliphatic rings. The number of benzene rings is 4. The molecule has 254 valence electrons. The molecule has 5 aromatic rings. The summed E-state index contributed by atoms with van der Waals surface area (Å²) in [4.78, 5) is 31.8. The number of anilines is 1. The van der Waals surface area contributed by atoms with E-state index in [-0.39, 0.29) is 29.4 Å². The van der Waals surface area contributed by atoms with Crippen molar-refractivity contribution in [3.63, 3.8) is 0 Å². The summed E-state index contributed by atoms with van der Waals surface area (Å²) < 4.78 is 26.0. The summed E-state index contributed by atoms with van der Waals surface area (Å²) >= 11 is 0. The maximum absolute atomic E-state index is 13.9. The van der Waals surface area contributed by atoms with E-state index in [4.69, 9.17) is 0 Å². The predicted molar refractivity (Wildman–Crippen MR) is 193 cm³/mol. The van der Waals surface area contributed by atoms with Crippen molar-refractivity contribution >= 4 is 38.4 Å². The van der Waals surface area contributed by atoms with Crippen molar-refractivity contribution in [2.75, 3.05) is 24.2 Å². The third-order valence-corrected chi connectivity index (χ3v) is 9.57. The second-order valence-electron chi connectivity index (χ2n) is 12.1. The molecule has 5 rings (SSSR count). The molecule has 0 spiro atoms. The van der Waals surface area contributed by atoms with Gasteiger partial charge in [-0.1, -0.05) is 78.9 Å². The number of aromatic nitrogens is 1. The van der Waals surface area contributed by atoms with E-state index in [0.29, 0.717) is 13.0 Å². The van der Waals surface area contributed by atoms with Gasteiger partial charge in [-0.3, -0.25) is 18.9 Å². The first-order valence-electron chi connectivity index (χ1n) is 16.0. The van der Waals surface area contributed by atoms with Crippen LogP contribution in [0.4, 0.5) is 5.69 Å². The Labute approximate surface area is 287 Å². The van der Waals surface area contributed by atoms with Gasteiger partial charge in [-0.15, -0.1) is 0 Å². The number of hydrogen-bond acceptors (Lipinski definition) is 7. The number of aliphatic hydroxyl groups excluding tert-OH is 1. The molecule has 10 nitrogen and oxygen atoms in total. The van der Waals surface area contributed by atoms with Gasteiger partial charge >= 0.3 is 0 Å². The minimum atomic E-state index is -3.71. The predicted octanol–water partition coefficient (Wildman–Crippen LogP) is 4.61. The number of carbonyl (C=O) groups excluding carboxylic acids is 2. The molecule has 3 unspecified atom stereocenters. The number of pyridine rings is 1. The molecule has 0 bridgehead atoms. The van der Waals surface area contributed by atoms with Crippen molar-refractivity contribution in [3.05, 3.63) is 143 Å². The summed E-state index contributed by atoms with van der Waals surface area (Å²) in [5.74, 6) is -1.03. The van der Waals surface area contributed by atoms with Gasteiger partial charge in [-0.05, 0) is 60.4 Å². The number of hydrogen-bond donors (Lipinski definition) is 4. The molecule has 2 amide bonds. The Balaban J connectivity index is 1.36. The molecule has 4 aromatic carbocycles. The minimum absolute atomic E-state index is 0.0750. The lowest BCUT2D eigenvalue weighted by molar-refractivity contribution is 0.0830. The highest BCUT2D eigenvalue weighted by Crippen LogP contribution is 2.22. The zero-order valence-corrected chi connectivity index (χ0v) is 28.5. The summed E-state index contributed by atoms with van der Waals surface area (Å²) in [6.45, 7) is 2.47. The number of rotatable bonds is 14. The average molecular weight is 680 g/mol. The number of carbonyl (C=O) groups is 2. The zero-order valence-electron chi connectivity index (χ0n) is 27.7. The highest BCUT2D eigenvalue weighted by Gasteiger charge is 2.25. The molecule has 1 aromatic heterocycles. The monoisotopic (exact) mass is 679 g/mol. The standard InChI is InChI=1S/C38H41N5O5S/c1-26(29-14-8-5-9-15-29)41-37(45)31-20-32(22-33(21-31)43(2)49(3,47)48)38(46)42-35(19-27-12-6-4-7-13-27)36(44)25-39-23-28-18-30-16-10-11-17-34(30)40-24-28/h4-18,20-22,24,26,35-36,39,44H,19,23,25H2,1-3H3,(H,41,45)(H,42,46). The fourth-order valence-corrected chi connectivity index (χ4v) is 5.96. The van der Waals surface area contributed by atoms with Gasteiger partial charge in [-0.2, -0.15) is 0 Å². The average Bonchev–Trinajstić information content (AvgIpc) is 3.11. The zero-order chi connectivity index (χ0) is 35.0. The van der Waals surface area contributed by atoms with Crippen LogP contribution in [-0.2, 0) is 23.0 Å². The Morgan fingerprint density at radius 3 is 2.10 bits per heavy atom. The van der Waals surface area contributed by atoms with Crippen molar-refractivity contribution in [2.24, 2.45) is 0 Å². The molecular formula is C38H41N5O5S. The molecule has 0 aliphatic carbocycles. The van der Waals surface area contributed by atoms with Gasteiger partial charge in [0.2, 0.25) is 10.0 Å². The lowest BCUT2D eigenvalue weighted by Crippen LogP contribution is -2.48. The number of nitrogens with one attached hydrogen (secondary N) is 3. The first kappa shape index (κ1) is 35.2. The maximum Gasteiger partial charge on any atom is 0.251 e. The Kier molecular flexibility index (Phi) is 11.4. The Bertz CT molecular complexity index is 2010. The van der Waals surface area contributed by atoms with Crippen molar-refractivity contribution in [3.8, 4) is 0 Å². The van der Waals surface area contributed by atoms with Crippen LogP contribution >= 0.6 is 0 Å². The molecule has 3 atom stereocenters. The Morgan fingerprint density at radius 1 is 0.816 bits per heavy atom. The molecule has 0 aliphatic heterocycles. The minimum Gasteiger partial charge on any atom is -0.390 e. The van der Waals surface area contributed by atoms with Gasteiger partial charge in [0.05, 0.1) is 35.6 Å². The van der Waals surface area contributed by atoms with Gasteiger partial charge in [0.15, 0.2) is 0 Å². The van der Waals surface area contributed by atoms with Crippen molar-refractivity contribution < 1.29 is 23.1 Å². The second kappa shape index (κ2) is 15.9. The van der Waals surface area contributed by atoms with Gasteiger partial charge < -0.3 is 21.1 Å². The van der Waals surface area contributed by atoms with Crippen LogP contribution in [0.1, 0.15) is 50.4 Å². The lowest BCUT2D eigenvalue weighted by atomic mass is 10.00. The summed E-state index contributed by atoms with van der Waals surface area (Å²) in [6.07, 6.45) is 2.18. The quantitative estimate of drug-likeness (QED) is 0.134. The van der Waals surface area contributed by atoms with Crippen LogP contribution in [0.2, 0.25) is 0 Å². The third kappa shape index (κ3) is 9.50.